The molecule has 0 radical (unpaired) electrons. The fourth-order valence-corrected chi connectivity index (χ4v) is 1.24. The van der Waals surface area contributed by atoms with Gasteiger partial charge in [-0.2, -0.15) is 0 Å². The minimum absolute atomic E-state index is 0.462. The molecule has 0 aliphatic heterocycles. The third kappa shape index (κ3) is 5.81. The molecule has 2 nitrogen and oxygen atoms in total. The largest absolute Gasteiger partial charge is 0.382 e. The quantitative estimate of drug-likeness (QED) is 0.457. The Balaban J connectivity index is 3.32. The van der Waals surface area contributed by atoms with E-state index in [9.17, 15) is 0 Å². The van der Waals surface area contributed by atoms with Crippen LogP contribution >= 0.6 is 11.6 Å². The van der Waals surface area contributed by atoms with E-state index >= 15 is 0 Å². The zero-order chi connectivity index (χ0) is 9.40. The van der Waals surface area contributed by atoms with Crippen LogP contribution in [0.2, 0.25) is 0 Å². The van der Waals surface area contributed by atoms with Crippen LogP contribution in [-0.2, 0) is 9.47 Å². The highest BCUT2D eigenvalue weighted by Crippen LogP contribution is 2.12. The normalized spacial score (nSPS) is 13.8. The lowest BCUT2D eigenvalue weighted by Crippen LogP contribution is -2.18. The molecule has 0 amide bonds. The van der Waals surface area contributed by atoms with Crippen molar-refractivity contribution in [1.82, 2.24) is 0 Å². The topological polar surface area (TPSA) is 18.5 Å². The van der Waals surface area contributed by atoms with Crippen LogP contribution < -0.4 is 0 Å². The molecule has 0 spiro atoms. The van der Waals surface area contributed by atoms with Crippen LogP contribution in [0.5, 0.6) is 0 Å². The van der Waals surface area contributed by atoms with Crippen LogP contribution in [0.25, 0.3) is 0 Å². The molecule has 0 aromatic rings. The van der Waals surface area contributed by atoms with Gasteiger partial charge in [0.05, 0.1) is 19.8 Å². The smallest absolute Gasteiger partial charge is 0.0700 e. The summed E-state index contributed by atoms with van der Waals surface area (Å²) in [6.45, 7) is 6.38. The first-order chi connectivity index (χ1) is 5.72. The maximum Gasteiger partial charge on any atom is 0.0700 e. The van der Waals surface area contributed by atoms with Gasteiger partial charge in [-0.05, 0) is 11.8 Å². The van der Waals surface area contributed by atoms with Gasteiger partial charge in [0, 0.05) is 13.0 Å². The van der Waals surface area contributed by atoms with Crippen molar-refractivity contribution in [2.75, 3.05) is 32.8 Å². The highest BCUT2D eigenvalue weighted by molar-refractivity contribution is 6.18. The average molecular weight is 195 g/mol. The first-order valence-corrected chi connectivity index (χ1v) is 4.88. The molecule has 0 aromatic carbocycles. The maximum atomic E-state index is 5.76. The summed E-state index contributed by atoms with van der Waals surface area (Å²) in [5, 5.41) is 0. The van der Waals surface area contributed by atoms with E-state index in [4.69, 9.17) is 21.1 Å². The minimum Gasteiger partial charge on any atom is -0.382 e. The molecule has 0 saturated heterocycles. The van der Waals surface area contributed by atoms with Gasteiger partial charge < -0.3 is 9.47 Å². The molecule has 0 N–H and O–H groups in total. The summed E-state index contributed by atoms with van der Waals surface area (Å²) in [6, 6.07) is 0. The highest BCUT2D eigenvalue weighted by atomic mass is 35.5. The van der Waals surface area contributed by atoms with Crippen molar-refractivity contribution in [3.05, 3.63) is 0 Å². The van der Waals surface area contributed by atoms with Gasteiger partial charge >= 0.3 is 0 Å². The standard InChI is InChI=1S/C9H19ClO2/c1-8(2)9(6-10)7-12-5-4-11-3/h8-9H,4-7H2,1-3H3. The van der Waals surface area contributed by atoms with Crippen molar-refractivity contribution in [2.45, 2.75) is 13.8 Å². The monoisotopic (exact) mass is 194 g/mol. The first kappa shape index (κ1) is 12.2. The van der Waals surface area contributed by atoms with Crippen LogP contribution in [0.4, 0.5) is 0 Å². The SMILES string of the molecule is COCCOCC(CCl)C(C)C. The van der Waals surface area contributed by atoms with E-state index in [0.717, 1.165) is 6.61 Å². The maximum absolute atomic E-state index is 5.76. The van der Waals surface area contributed by atoms with Gasteiger partial charge in [0.2, 0.25) is 0 Å². The van der Waals surface area contributed by atoms with Crippen LogP contribution in [0.3, 0.4) is 0 Å². The Bertz CT molecular complexity index is 96.5. The Hall–Kier alpha value is 0.210. The van der Waals surface area contributed by atoms with Crippen molar-refractivity contribution < 1.29 is 9.47 Å². The van der Waals surface area contributed by atoms with Gasteiger partial charge in [-0.3, -0.25) is 0 Å². The molecule has 0 bridgehead atoms. The molecular weight excluding hydrogens is 176 g/mol. The summed E-state index contributed by atoms with van der Waals surface area (Å²) in [4.78, 5) is 0. The van der Waals surface area contributed by atoms with Crippen LogP contribution in [0.1, 0.15) is 13.8 Å². The Morgan fingerprint density at radius 2 is 1.92 bits per heavy atom. The molecule has 0 saturated carbocycles. The summed E-state index contributed by atoms with van der Waals surface area (Å²) >= 11 is 5.76. The lowest BCUT2D eigenvalue weighted by molar-refractivity contribution is 0.0468. The predicted octanol–water partition coefficient (Wildman–Crippen LogP) is 2.16. The minimum atomic E-state index is 0.462. The third-order valence-electron chi connectivity index (χ3n) is 1.90. The molecule has 3 heteroatoms. The molecule has 1 atom stereocenters. The van der Waals surface area contributed by atoms with Crippen LogP contribution in [0.15, 0.2) is 0 Å². The van der Waals surface area contributed by atoms with Crippen molar-refractivity contribution in [2.24, 2.45) is 11.8 Å². The summed E-state index contributed by atoms with van der Waals surface area (Å²) in [5.41, 5.74) is 0. The van der Waals surface area contributed by atoms with Gasteiger partial charge in [-0.25, -0.2) is 0 Å². The highest BCUT2D eigenvalue weighted by Gasteiger charge is 2.11. The molecule has 0 fully saturated rings. The molecule has 0 aromatic heterocycles. The number of hydrogen-bond acceptors (Lipinski definition) is 2. The Morgan fingerprint density at radius 1 is 1.25 bits per heavy atom. The molecule has 74 valence electrons. The van der Waals surface area contributed by atoms with E-state index in [2.05, 4.69) is 13.8 Å². The second kappa shape index (κ2) is 7.84. The van der Waals surface area contributed by atoms with E-state index < -0.39 is 0 Å². The van der Waals surface area contributed by atoms with Gasteiger partial charge in [0.25, 0.3) is 0 Å². The fourth-order valence-electron chi connectivity index (χ4n) is 0.792. The van der Waals surface area contributed by atoms with E-state index in [0.29, 0.717) is 30.9 Å². The molecule has 0 aliphatic carbocycles. The summed E-state index contributed by atoms with van der Waals surface area (Å²) in [7, 11) is 1.67. The number of alkyl halides is 1. The molecule has 1 unspecified atom stereocenters. The summed E-state index contributed by atoms with van der Waals surface area (Å²) < 4.78 is 10.2. The molecular formula is C9H19ClO2. The number of ether oxygens (including phenoxy) is 2. The second-order valence-electron chi connectivity index (χ2n) is 3.23. The summed E-state index contributed by atoms with van der Waals surface area (Å²) in [5.74, 6) is 1.72. The average Bonchev–Trinajstić information content (AvgIpc) is 2.04. The van der Waals surface area contributed by atoms with Crippen molar-refractivity contribution in [3.63, 3.8) is 0 Å². The Kier molecular flexibility index (Phi) is 7.98. The zero-order valence-electron chi connectivity index (χ0n) is 8.18. The number of rotatable bonds is 7. The van der Waals surface area contributed by atoms with Gasteiger partial charge in [0.1, 0.15) is 0 Å². The third-order valence-corrected chi connectivity index (χ3v) is 2.30. The summed E-state index contributed by atoms with van der Waals surface area (Å²) in [6.07, 6.45) is 0. The molecule has 0 heterocycles. The van der Waals surface area contributed by atoms with E-state index in [1.165, 1.54) is 0 Å². The van der Waals surface area contributed by atoms with Crippen LogP contribution in [-0.4, -0.2) is 32.8 Å². The van der Waals surface area contributed by atoms with E-state index in [-0.39, 0.29) is 0 Å². The van der Waals surface area contributed by atoms with Crippen molar-refractivity contribution in [3.8, 4) is 0 Å². The van der Waals surface area contributed by atoms with E-state index in [1.54, 1.807) is 7.11 Å². The zero-order valence-corrected chi connectivity index (χ0v) is 8.93. The Morgan fingerprint density at radius 3 is 2.33 bits per heavy atom. The lowest BCUT2D eigenvalue weighted by Gasteiger charge is -2.17. The molecule has 0 aliphatic rings. The lowest BCUT2D eigenvalue weighted by atomic mass is 9.99. The van der Waals surface area contributed by atoms with Gasteiger partial charge in [-0.1, -0.05) is 13.8 Å². The van der Waals surface area contributed by atoms with Gasteiger partial charge in [-0.15, -0.1) is 11.6 Å². The van der Waals surface area contributed by atoms with Crippen molar-refractivity contribution >= 4 is 11.6 Å². The van der Waals surface area contributed by atoms with E-state index in [1.807, 2.05) is 0 Å². The van der Waals surface area contributed by atoms with Gasteiger partial charge in [0.15, 0.2) is 0 Å². The number of hydrogen-bond donors (Lipinski definition) is 0. The Labute approximate surface area is 80.2 Å². The predicted molar refractivity (Wildman–Crippen MR) is 51.7 cm³/mol. The molecule has 0 rings (SSSR count). The number of methoxy groups -OCH3 is 1. The number of halogens is 1. The molecule has 12 heavy (non-hydrogen) atoms. The van der Waals surface area contributed by atoms with Crippen LogP contribution in [0, 0.1) is 11.8 Å². The fraction of sp³-hybridized carbons (Fsp3) is 1.00. The first-order valence-electron chi connectivity index (χ1n) is 4.35. The second-order valence-corrected chi connectivity index (χ2v) is 3.53. The van der Waals surface area contributed by atoms with Crippen molar-refractivity contribution in [1.29, 1.82) is 0 Å².